The lowest BCUT2D eigenvalue weighted by Gasteiger charge is -2.46. The molecule has 1 aromatic rings. The number of methoxy groups -OCH3 is 2. The first-order chi connectivity index (χ1) is 26.1. The monoisotopic (exact) mass is 807 g/mol. The average Bonchev–Trinajstić information content (AvgIpc) is 3.13. The van der Waals surface area contributed by atoms with Crippen LogP contribution in [0.5, 0.6) is 5.75 Å². The number of carbonyl (C=O) groups is 1. The molecule has 2 rings (SSSR count). The quantitative estimate of drug-likeness (QED) is 0.0378. The Kier molecular flexibility index (Phi) is 20.8. The van der Waals surface area contributed by atoms with Crippen LogP contribution in [0.25, 0.3) is 0 Å². The van der Waals surface area contributed by atoms with Crippen LogP contribution < -0.4 is 4.74 Å². The predicted molar refractivity (Wildman–Crippen MR) is 221 cm³/mol. The zero-order valence-electron chi connectivity index (χ0n) is 36.0. The largest absolute Gasteiger partial charge is 0.497 e. The van der Waals surface area contributed by atoms with Crippen molar-refractivity contribution in [1.29, 1.82) is 0 Å². The Bertz CT molecular complexity index is 1390. The maximum Gasteiger partial charge on any atom is 0.311 e. The topological polar surface area (TPSA) is 164 Å². The zero-order chi connectivity index (χ0) is 42.3. The minimum atomic E-state index is -1.72. The number of ether oxygens (including phenoxy) is 5. The van der Waals surface area contributed by atoms with Gasteiger partial charge in [0.25, 0.3) is 0 Å². The van der Waals surface area contributed by atoms with Crippen LogP contribution in [-0.2, 0) is 30.3 Å². The summed E-state index contributed by atoms with van der Waals surface area (Å²) in [5, 5.41) is 55.6. The van der Waals surface area contributed by atoms with Gasteiger partial charge < -0.3 is 49.2 Å². The molecule has 5 N–H and O–H groups in total. The van der Waals surface area contributed by atoms with Crippen LogP contribution in [0.15, 0.2) is 35.9 Å². The van der Waals surface area contributed by atoms with Crippen LogP contribution >= 0.6 is 0 Å². The molecule has 12 heteroatoms. The van der Waals surface area contributed by atoms with Crippen molar-refractivity contribution in [1.82, 2.24) is 0 Å². The SMILES string of the molecule is CCCC[C@@H](OC(=O)C(C)(C)C)[C@H](O)CC[C@H](O)C[C@H]1CC[C@@H](O)C(OC)([C@H](O)C/C(C)=C/[C@H](C)[C@@H](C[C@H](O)C#C[Si](C)(C)C)OCc2ccc(OC)cc2)O1. The van der Waals surface area contributed by atoms with E-state index in [4.69, 9.17) is 23.7 Å². The fourth-order valence-electron chi connectivity index (χ4n) is 6.76. The van der Waals surface area contributed by atoms with Gasteiger partial charge >= 0.3 is 5.97 Å². The number of esters is 1. The number of benzene rings is 1. The van der Waals surface area contributed by atoms with Crippen LogP contribution in [0.3, 0.4) is 0 Å². The van der Waals surface area contributed by atoms with E-state index in [1.807, 2.05) is 51.1 Å². The summed E-state index contributed by atoms with van der Waals surface area (Å²) < 4.78 is 29.4. The number of carbonyl (C=O) groups excluding carboxylic acids is 1. The molecular weight excluding hydrogens is 733 g/mol. The van der Waals surface area contributed by atoms with Gasteiger partial charge in [0.2, 0.25) is 5.79 Å². The van der Waals surface area contributed by atoms with E-state index >= 15 is 0 Å². The van der Waals surface area contributed by atoms with E-state index in [1.54, 1.807) is 27.9 Å². The Balaban J connectivity index is 2.13. The molecule has 1 aromatic carbocycles. The van der Waals surface area contributed by atoms with E-state index in [0.717, 1.165) is 29.7 Å². The van der Waals surface area contributed by atoms with E-state index < -0.39 is 62.0 Å². The van der Waals surface area contributed by atoms with Crippen molar-refractivity contribution in [2.75, 3.05) is 14.2 Å². The predicted octanol–water partition coefficient (Wildman–Crippen LogP) is 6.47. The Labute approximate surface area is 338 Å². The summed E-state index contributed by atoms with van der Waals surface area (Å²) in [6.45, 7) is 17.9. The lowest BCUT2D eigenvalue weighted by Crippen LogP contribution is -2.60. The molecule has 0 saturated carbocycles. The van der Waals surface area contributed by atoms with Crippen molar-refractivity contribution in [3.05, 3.63) is 41.5 Å². The van der Waals surface area contributed by atoms with Gasteiger partial charge in [0.05, 0.1) is 43.5 Å². The third-order valence-corrected chi connectivity index (χ3v) is 11.1. The first-order valence-corrected chi connectivity index (χ1v) is 23.9. The van der Waals surface area contributed by atoms with Gasteiger partial charge in [0.1, 0.15) is 38.2 Å². The summed E-state index contributed by atoms with van der Waals surface area (Å²) >= 11 is 0. The molecule has 1 saturated heterocycles. The average molecular weight is 807 g/mol. The molecule has 1 fully saturated rings. The van der Waals surface area contributed by atoms with Crippen LogP contribution in [0, 0.1) is 22.8 Å². The summed E-state index contributed by atoms with van der Waals surface area (Å²) in [4.78, 5) is 12.6. The van der Waals surface area contributed by atoms with Crippen molar-refractivity contribution < 1.29 is 54.0 Å². The molecule has 1 aliphatic rings. The van der Waals surface area contributed by atoms with Gasteiger partial charge in [0, 0.05) is 19.4 Å². The molecule has 1 heterocycles. The zero-order valence-corrected chi connectivity index (χ0v) is 37.0. The first-order valence-electron chi connectivity index (χ1n) is 20.4. The second kappa shape index (κ2) is 23.3. The molecule has 56 heavy (non-hydrogen) atoms. The lowest BCUT2D eigenvalue weighted by atomic mass is 9.87. The molecule has 1 unspecified atom stereocenters. The fourth-order valence-corrected chi connectivity index (χ4v) is 7.36. The van der Waals surface area contributed by atoms with Crippen LogP contribution in [0.4, 0.5) is 0 Å². The second-order valence-electron chi connectivity index (χ2n) is 17.7. The van der Waals surface area contributed by atoms with E-state index in [-0.39, 0.29) is 43.7 Å². The second-order valence-corrected chi connectivity index (χ2v) is 22.4. The third kappa shape index (κ3) is 16.9. The maximum atomic E-state index is 12.6. The minimum absolute atomic E-state index is 0.131. The molecule has 0 amide bonds. The molecular formula is C44H74O11Si. The van der Waals surface area contributed by atoms with Gasteiger partial charge in [-0.05, 0) is 96.8 Å². The summed E-state index contributed by atoms with van der Waals surface area (Å²) in [6, 6.07) is 7.62. The highest BCUT2D eigenvalue weighted by Gasteiger charge is 2.51. The molecule has 0 radical (unpaired) electrons. The van der Waals surface area contributed by atoms with Gasteiger partial charge in [-0.3, -0.25) is 4.79 Å². The summed E-state index contributed by atoms with van der Waals surface area (Å²) in [7, 11) is 1.32. The number of hydrogen-bond acceptors (Lipinski definition) is 11. The Morgan fingerprint density at radius 2 is 1.70 bits per heavy atom. The van der Waals surface area contributed by atoms with Gasteiger partial charge in [0.15, 0.2) is 0 Å². The van der Waals surface area contributed by atoms with Crippen molar-refractivity contribution in [2.24, 2.45) is 11.3 Å². The molecule has 0 bridgehead atoms. The molecule has 11 nitrogen and oxygen atoms in total. The smallest absolute Gasteiger partial charge is 0.311 e. The standard InChI is InChI=1S/C44H74O11Si/c1-12-13-14-38(54-42(50)43(4,5)6)37(47)21-17-33(45)27-36-20-22-40(48)44(52-8,55-36)41(49)26-30(2)25-31(3)39(28-34(46)23-24-56(9,10)11)53-29-32-15-18-35(51-7)19-16-32/h15-16,18-19,25,31,33-34,36-41,45-49H,12-14,17,20-22,26-29H2,1-11H3/b30-25+/t31-,33-,34+,36+,37+,38+,39+,40+,41+,44?/m0/s1. The highest BCUT2D eigenvalue weighted by Crippen LogP contribution is 2.37. The number of aliphatic hydroxyl groups is 5. The fraction of sp³-hybridized carbons (Fsp3) is 0.750. The van der Waals surface area contributed by atoms with E-state index in [0.29, 0.717) is 32.3 Å². The number of hydrogen-bond donors (Lipinski definition) is 5. The first kappa shape index (κ1) is 49.8. The summed E-state index contributed by atoms with van der Waals surface area (Å²) in [6.07, 6.45) is -0.467. The molecule has 0 aromatic heterocycles. The van der Waals surface area contributed by atoms with Gasteiger partial charge in [-0.2, -0.15) is 0 Å². The van der Waals surface area contributed by atoms with Gasteiger partial charge in [-0.25, -0.2) is 0 Å². The molecule has 0 spiro atoms. The highest BCUT2D eigenvalue weighted by molar-refractivity contribution is 6.83. The Morgan fingerprint density at radius 3 is 2.27 bits per heavy atom. The minimum Gasteiger partial charge on any atom is -0.497 e. The molecule has 0 aliphatic carbocycles. The van der Waals surface area contributed by atoms with E-state index in [2.05, 4.69) is 31.1 Å². The highest BCUT2D eigenvalue weighted by atomic mass is 28.3. The van der Waals surface area contributed by atoms with Gasteiger partial charge in [-0.1, -0.05) is 69.6 Å². The number of unbranched alkanes of at least 4 members (excludes halogenated alkanes) is 1. The normalized spacial score (nSPS) is 23.2. The third-order valence-electron chi connectivity index (χ3n) is 10.2. The van der Waals surface area contributed by atoms with Crippen LogP contribution in [0.1, 0.15) is 111 Å². The van der Waals surface area contributed by atoms with E-state index in [1.165, 1.54) is 7.11 Å². The Hall–Kier alpha value is -2.31. The molecule has 10 atom stereocenters. The summed E-state index contributed by atoms with van der Waals surface area (Å²) in [5.41, 5.74) is 4.33. The van der Waals surface area contributed by atoms with Crippen molar-refractivity contribution in [3.8, 4) is 17.2 Å². The molecule has 320 valence electrons. The lowest BCUT2D eigenvalue weighted by molar-refractivity contribution is -0.347. The van der Waals surface area contributed by atoms with E-state index in [9.17, 15) is 30.3 Å². The van der Waals surface area contributed by atoms with Crippen molar-refractivity contribution in [3.63, 3.8) is 0 Å². The van der Waals surface area contributed by atoms with Crippen LogP contribution in [0.2, 0.25) is 19.6 Å². The number of aliphatic hydroxyl groups excluding tert-OH is 5. The van der Waals surface area contributed by atoms with Crippen LogP contribution in [-0.4, -0.2) is 108 Å². The van der Waals surface area contributed by atoms with Crippen molar-refractivity contribution in [2.45, 2.75) is 187 Å². The van der Waals surface area contributed by atoms with Gasteiger partial charge in [-0.15, -0.1) is 5.54 Å². The summed E-state index contributed by atoms with van der Waals surface area (Å²) in [5.74, 6) is 1.51. The van der Waals surface area contributed by atoms with Crippen molar-refractivity contribution >= 4 is 14.0 Å². The number of rotatable bonds is 22. The maximum absolute atomic E-state index is 12.6. The Morgan fingerprint density at radius 1 is 1.04 bits per heavy atom. The molecule has 1 aliphatic heterocycles.